The van der Waals surface area contributed by atoms with Gasteiger partial charge in [0.25, 0.3) is 11.1 Å². The number of aromatic amines is 2. The summed E-state index contributed by atoms with van der Waals surface area (Å²) < 4.78 is 3.09. The molecule has 0 unspecified atom stereocenters. The molecule has 0 atom stereocenters. The Balaban J connectivity index is 0.000000147. The summed E-state index contributed by atoms with van der Waals surface area (Å²) in [5.41, 5.74) is 1.37. The van der Waals surface area contributed by atoms with E-state index in [2.05, 4.69) is 43.1 Å². The van der Waals surface area contributed by atoms with Gasteiger partial charge in [-0.25, -0.2) is 19.5 Å². The standard InChI is InChI=1S/C20H16N4O2.C19H15N5O2.C2H4/c25-17-14-9-10-21-11-15(14)22-18-16(17)20(26)24(13-7-2-1-3-8-13)19(23-18)12-5-4-6-12;25-16-14-17(22-12-7-4-10-21-15(12)16)23-18(11-5-3-6-11)24(19(14)26)13-8-1-2-9-20-13;1-2/h1-3,7-12H,4-6H2,(H,22,25);1-2,4,7-11H,3,5-6H2,(H,22,25);1-2H2. The van der Waals surface area contributed by atoms with E-state index in [4.69, 9.17) is 4.98 Å². The highest BCUT2D eigenvalue weighted by molar-refractivity contribution is 5.90. The first kappa shape index (κ1) is 34.2. The summed E-state index contributed by atoms with van der Waals surface area (Å²) in [6.45, 7) is 6.00. The molecule has 0 radical (unpaired) electrons. The van der Waals surface area contributed by atoms with Gasteiger partial charge in [-0.05, 0) is 68.1 Å². The molecule has 0 aliphatic heterocycles. The van der Waals surface area contributed by atoms with E-state index in [-0.39, 0.29) is 39.1 Å². The van der Waals surface area contributed by atoms with Crippen LogP contribution in [-0.2, 0) is 0 Å². The molecule has 2 aliphatic carbocycles. The highest BCUT2D eigenvalue weighted by Gasteiger charge is 2.29. The third kappa shape index (κ3) is 5.79. The van der Waals surface area contributed by atoms with Crippen molar-refractivity contribution in [2.75, 3.05) is 0 Å². The van der Waals surface area contributed by atoms with Crippen molar-refractivity contribution in [2.24, 2.45) is 0 Å². The molecule has 2 N–H and O–H groups in total. The predicted octanol–water partition coefficient (Wildman–Crippen LogP) is 5.98. The fourth-order valence-electron chi connectivity index (χ4n) is 6.97. The molecule has 7 aromatic heterocycles. The zero-order chi connectivity index (χ0) is 37.3. The maximum Gasteiger partial charge on any atom is 0.272 e. The summed E-state index contributed by atoms with van der Waals surface area (Å²) in [6, 6.07) is 19.9. The summed E-state index contributed by atoms with van der Waals surface area (Å²) in [6.07, 6.45) is 12.5. The van der Waals surface area contributed by atoms with Gasteiger partial charge < -0.3 is 9.97 Å². The molecule has 2 aliphatic rings. The van der Waals surface area contributed by atoms with Crippen LogP contribution >= 0.6 is 0 Å². The van der Waals surface area contributed by atoms with Crippen molar-refractivity contribution < 1.29 is 0 Å². The lowest BCUT2D eigenvalue weighted by Crippen LogP contribution is -2.31. The van der Waals surface area contributed by atoms with Crippen LogP contribution < -0.4 is 22.0 Å². The third-order valence-corrected chi connectivity index (χ3v) is 10.1. The minimum atomic E-state index is -0.406. The van der Waals surface area contributed by atoms with Crippen LogP contribution in [0.2, 0.25) is 0 Å². The Hall–Kier alpha value is -6.89. The maximum atomic E-state index is 13.3. The van der Waals surface area contributed by atoms with E-state index in [0.29, 0.717) is 39.4 Å². The van der Waals surface area contributed by atoms with Crippen LogP contribution in [0.15, 0.2) is 124 Å². The van der Waals surface area contributed by atoms with E-state index >= 15 is 0 Å². The van der Waals surface area contributed by atoms with Gasteiger partial charge in [-0.15, -0.1) is 13.2 Å². The van der Waals surface area contributed by atoms with Crippen LogP contribution in [0.1, 0.15) is 62.0 Å². The largest absolute Gasteiger partial charge is 0.338 e. The number of rotatable bonds is 4. The molecule has 1 aromatic carbocycles. The number of H-pyrrole nitrogens is 2. The summed E-state index contributed by atoms with van der Waals surface area (Å²) in [5.74, 6) is 2.29. The Bertz CT molecular complexity index is 2730. The summed E-state index contributed by atoms with van der Waals surface area (Å²) >= 11 is 0. The molecule has 13 heteroatoms. The molecule has 0 saturated heterocycles. The Morgan fingerprint density at radius 2 is 1.22 bits per heavy atom. The number of hydrogen-bond acceptors (Lipinski definition) is 9. The van der Waals surface area contributed by atoms with Crippen molar-refractivity contribution in [3.63, 3.8) is 0 Å². The average Bonchev–Trinajstić information content (AvgIpc) is 3.15. The molecule has 13 nitrogen and oxygen atoms in total. The van der Waals surface area contributed by atoms with Gasteiger partial charge in [0, 0.05) is 35.8 Å². The van der Waals surface area contributed by atoms with Gasteiger partial charge in [0.2, 0.25) is 10.9 Å². The van der Waals surface area contributed by atoms with Crippen molar-refractivity contribution in [3.8, 4) is 11.5 Å². The van der Waals surface area contributed by atoms with Crippen molar-refractivity contribution >= 4 is 44.0 Å². The topological polar surface area (TPSA) is 174 Å². The van der Waals surface area contributed by atoms with Gasteiger partial charge in [-0.3, -0.25) is 33.7 Å². The molecule has 10 rings (SSSR count). The lowest BCUT2D eigenvalue weighted by atomic mass is 9.84. The SMILES string of the molecule is C=C.O=c1c2ccncc2[nH]c2nc(C3CCC3)n(-c3ccccc3)c(=O)c12.O=c1c2ncccc2[nH]c2nc(C3CCC3)n(-c3ccccn3)c(=O)c12. The minimum absolute atomic E-state index is 0.0185. The highest BCUT2D eigenvalue weighted by Crippen LogP contribution is 2.37. The average molecular weight is 718 g/mol. The molecule has 0 bridgehead atoms. The first-order chi connectivity index (χ1) is 26.5. The van der Waals surface area contributed by atoms with E-state index < -0.39 is 11.0 Å². The normalized spacial score (nSPS) is 14.1. The van der Waals surface area contributed by atoms with E-state index in [1.807, 2.05) is 36.4 Å². The molecule has 268 valence electrons. The van der Waals surface area contributed by atoms with Crippen LogP contribution in [0.5, 0.6) is 0 Å². The molecule has 8 aromatic rings. The molecular formula is C41H35N9O4. The van der Waals surface area contributed by atoms with Crippen LogP contribution in [0.25, 0.3) is 55.5 Å². The Morgan fingerprint density at radius 1 is 0.611 bits per heavy atom. The third-order valence-electron chi connectivity index (χ3n) is 10.1. The Morgan fingerprint density at radius 3 is 1.87 bits per heavy atom. The molecular weight excluding hydrogens is 683 g/mol. The van der Waals surface area contributed by atoms with E-state index in [1.165, 1.54) is 10.8 Å². The number of benzene rings is 1. The van der Waals surface area contributed by atoms with Crippen molar-refractivity contribution in [3.05, 3.63) is 157 Å². The van der Waals surface area contributed by atoms with Gasteiger partial charge in [0.15, 0.2) is 0 Å². The predicted molar refractivity (Wildman–Crippen MR) is 209 cm³/mol. The van der Waals surface area contributed by atoms with E-state index in [9.17, 15) is 19.2 Å². The first-order valence-corrected chi connectivity index (χ1v) is 17.8. The van der Waals surface area contributed by atoms with Gasteiger partial charge in [-0.2, -0.15) is 0 Å². The van der Waals surface area contributed by atoms with Crippen LogP contribution in [0.3, 0.4) is 0 Å². The van der Waals surface area contributed by atoms with Crippen molar-refractivity contribution in [1.82, 2.24) is 44.0 Å². The number of pyridine rings is 5. The second-order valence-electron chi connectivity index (χ2n) is 13.2. The molecule has 0 spiro atoms. The number of nitrogens with one attached hydrogen (secondary N) is 2. The zero-order valence-electron chi connectivity index (χ0n) is 29.2. The fraction of sp³-hybridized carbons (Fsp3) is 0.195. The lowest BCUT2D eigenvalue weighted by molar-refractivity contribution is 0.393. The monoisotopic (exact) mass is 717 g/mol. The van der Waals surface area contributed by atoms with Gasteiger partial charge in [0.1, 0.15) is 45.1 Å². The molecule has 54 heavy (non-hydrogen) atoms. The number of aromatic nitrogens is 9. The summed E-state index contributed by atoms with van der Waals surface area (Å²) in [4.78, 5) is 80.6. The first-order valence-electron chi connectivity index (χ1n) is 17.8. The quantitative estimate of drug-likeness (QED) is 0.164. The maximum absolute atomic E-state index is 13.3. The number of para-hydroxylation sites is 1. The number of nitrogens with zero attached hydrogens (tertiary/aromatic N) is 7. The van der Waals surface area contributed by atoms with Crippen LogP contribution in [0.4, 0.5) is 0 Å². The van der Waals surface area contributed by atoms with Crippen molar-refractivity contribution in [2.45, 2.75) is 50.4 Å². The van der Waals surface area contributed by atoms with Gasteiger partial charge in [-0.1, -0.05) is 37.1 Å². The Kier molecular flexibility index (Phi) is 9.04. The zero-order valence-corrected chi connectivity index (χ0v) is 29.2. The van der Waals surface area contributed by atoms with Crippen LogP contribution in [-0.4, -0.2) is 44.0 Å². The number of hydrogen-bond donors (Lipinski definition) is 2. The van der Waals surface area contributed by atoms with E-state index in [0.717, 1.165) is 50.0 Å². The van der Waals surface area contributed by atoms with Gasteiger partial charge in [0.05, 0.1) is 22.9 Å². The summed E-state index contributed by atoms with van der Waals surface area (Å²) in [5, 5.41) is 0.558. The minimum Gasteiger partial charge on any atom is -0.338 e. The number of fused-ring (bicyclic) bond motifs is 4. The fourth-order valence-corrected chi connectivity index (χ4v) is 6.97. The van der Waals surface area contributed by atoms with Crippen LogP contribution in [0, 0.1) is 0 Å². The second kappa shape index (κ2) is 14.3. The molecule has 2 saturated carbocycles. The Labute approximate surface area is 306 Å². The lowest BCUT2D eigenvalue weighted by Gasteiger charge is -2.27. The molecule has 2 fully saturated rings. The highest BCUT2D eigenvalue weighted by atomic mass is 16.1. The molecule has 0 amide bonds. The molecule has 7 heterocycles. The second-order valence-corrected chi connectivity index (χ2v) is 13.2. The summed E-state index contributed by atoms with van der Waals surface area (Å²) in [7, 11) is 0. The van der Waals surface area contributed by atoms with E-state index in [1.54, 1.807) is 53.5 Å². The van der Waals surface area contributed by atoms with Gasteiger partial charge >= 0.3 is 0 Å². The smallest absolute Gasteiger partial charge is 0.272 e. The van der Waals surface area contributed by atoms with Crippen molar-refractivity contribution in [1.29, 1.82) is 0 Å².